The minimum absolute atomic E-state index is 0.0498. The number of halogens is 3. The van der Waals surface area contributed by atoms with Gasteiger partial charge in [-0.1, -0.05) is 30.3 Å². The molecule has 9 nitrogen and oxygen atoms in total. The summed E-state index contributed by atoms with van der Waals surface area (Å²) in [6.07, 6.45) is -4.78. The lowest BCUT2D eigenvalue weighted by atomic mass is 9.96. The number of carbonyl (C=O) groups excluding carboxylic acids is 2. The van der Waals surface area contributed by atoms with Crippen LogP contribution in [0, 0.1) is 20.8 Å². The predicted octanol–water partition coefficient (Wildman–Crippen LogP) is 7.12. The zero-order chi connectivity index (χ0) is 33.6. The van der Waals surface area contributed by atoms with Gasteiger partial charge in [0, 0.05) is 16.0 Å². The van der Waals surface area contributed by atoms with Crippen LogP contribution in [-0.2, 0) is 25.2 Å². The highest BCUT2D eigenvalue weighted by Gasteiger charge is 2.36. The molecule has 0 amide bonds. The summed E-state index contributed by atoms with van der Waals surface area (Å²) in [7, 11) is 1.31. The van der Waals surface area contributed by atoms with Gasteiger partial charge >= 0.3 is 18.1 Å². The molecule has 0 fully saturated rings. The quantitative estimate of drug-likeness (QED) is 0.196. The first-order valence-electron chi connectivity index (χ1n) is 14.4. The third-order valence-electron chi connectivity index (χ3n) is 7.37. The summed E-state index contributed by atoms with van der Waals surface area (Å²) in [5, 5.41) is 9.48. The smallest absolute Gasteiger partial charge is 0.419 e. The van der Waals surface area contributed by atoms with Crippen molar-refractivity contribution in [3.05, 3.63) is 81.2 Å². The molecule has 0 spiro atoms. The standard InChI is InChI=1S/C33H33F3N4O5S/c1-17-18(2)46-31-28(17)29(37-24(15-26(41)43-7)30-39-38-19(3)40(30)31)21-10-8-20(9-11-21)22-12-13-25(23(14-22)33(34,35)36)44-16-27(42)45-32(4,5)6/h8-14,24H,15-16H2,1-7H3/t24-/m0/s1. The molecule has 2 aromatic heterocycles. The average molecular weight is 655 g/mol. The number of thiophene rings is 1. The first-order valence-corrected chi connectivity index (χ1v) is 15.2. The van der Waals surface area contributed by atoms with Crippen LogP contribution < -0.4 is 4.74 Å². The molecule has 5 rings (SSSR count). The molecule has 242 valence electrons. The normalized spacial score (nSPS) is 14.6. The molecular formula is C33H33F3N4O5S. The van der Waals surface area contributed by atoms with Crippen LogP contribution in [0.1, 0.15) is 72.0 Å². The molecular weight excluding hydrogens is 621 g/mol. The maximum atomic E-state index is 14.1. The van der Waals surface area contributed by atoms with Crippen molar-refractivity contribution in [2.45, 2.75) is 65.8 Å². The number of esters is 2. The first-order chi connectivity index (χ1) is 21.6. The Hall–Kier alpha value is -4.52. The lowest BCUT2D eigenvalue weighted by Crippen LogP contribution is -2.27. The largest absolute Gasteiger partial charge is 0.481 e. The number of fused-ring (bicyclic) bond motifs is 3. The van der Waals surface area contributed by atoms with Crippen LogP contribution in [0.25, 0.3) is 16.1 Å². The number of aryl methyl sites for hydroxylation is 2. The molecule has 1 aliphatic rings. The van der Waals surface area contributed by atoms with E-state index < -0.39 is 47.7 Å². The van der Waals surface area contributed by atoms with E-state index in [-0.39, 0.29) is 6.42 Å². The van der Waals surface area contributed by atoms with Crippen LogP contribution >= 0.6 is 11.3 Å². The van der Waals surface area contributed by atoms with Crippen molar-refractivity contribution >= 4 is 29.0 Å². The molecule has 0 saturated carbocycles. The Kier molecular flexibility index (Phi) is 8.82. The number of hydrogen-bond acceptors (Lipinski definition) is 9. The van der Waals surface area contributed by atoms with E-state index in [4.69, 9.17) is 19.2 Å². The van der Waals surface area contributed by atoms with Crippen LogP contribution in [-0.4, -0.2) is 51.7 Å². The second-order valence-corrected chi connectivity index (χ2v) is 13.0. The number of rotatable bonds is 7. The summed E-state index contributed by atoms with van der Waals surface area (Å²) in [6.45, 7) is 10.2. The van der Waals surface area contributed by atoms with E-state index >= 15 is 0 Å². The Bertz CT molecular complexity index is 1840. The van der Waals surface area contributed by atoms with Gasteiger partial charge in [-0.25, -0.2) is 4.79 Å². The van der Waals surface area contributed by atoms with E-state index in [9.17, 15) is 22.8 Å². The number of ether oxygens (including phenoxy) is 3. The molecule has 13 heteroatoms. The summed E-state index contributed by atoms with van der Waals surface area (Å²) >= 11 is 1.57. The van der Waals surface area contributed by atoms with Gasteiger partial charge in [-0.05, 0) is 70.4 Å². The SMILES string of the molecule is COC(=O)C[C@@H]1N=C(c2ccc(-c3ccc(OCC(=O)OC(C)(C)C)c(C(F)(F)F)c3)cc2)c2c(sc(C)c2C)-n2c(C)nnc21. The summed E-state index contributed by atoms with van der Waals surface area (Å²) < 4.78 is 59.5. The fourth-order valence-corrected chi connectivity index (χ4v) is 6.37. The van der Waals surface area contributed by atoms with Crippen LogP contribution in [0.5, 0.6) is 5.75 Å². The highest BCUT2D eigenvalue weighted by atomic mass is 32.1. The summed E-state index contributed by atoms with van der Waals surface area (Å²) in [4.78, 5) is 30.5. The number of nitrogens with zero attached hydrogens (tertiary/aromatic N) is 4. The number of hydrogen-bond donors (Lipinski definition) is 0. The Morgan fingerprint density at radius 3 is 2.22 bits per heavy atom. The van der Waals surface area contributed by atoms with Crippen molar-refractivity contribution in [2.24, 2.45) is 4.99 Å². The average Bonchev–Trinajstić information content (AvgIpc) is 3.46. The van der Waals surface area contributed by atoms with Gasteiger partial charge in [0.2, 0.25) is 0 Å². The third kappa shape index (κ3) is 6.69. The molecule has 3 heterocycles. The van der Waals surface area contributed by atoms with Gasteiger partial charge in [-0.2, -0.15) is 13.2 Å². The van der Waals surface area contributed by atoms with Gasteiger partial charge in [-0.15, -0.1) is 21.5 Å². The van der Waals surface area contributed by atoms with E-state index in [1.165, 1.54) is 19.2 Å². The van der Waals surface area contributed by atoms with Crippen LogP contribution in [0.4, 0.5) is 13.2 Å². The molecule has 2 aromatic carbocycles. The van der Waals surface area contributed by atoms with Crippen LogP contribution in [0.2, 0.25) is 0 Å². The highest BCUT2D eigenvalue weighted by molar-refractivity contribution is 7.15. The number of carbonyl (C=O) groups is 2. The zero-order valence-electron chi connectivity index (χ0n) is 26.4. The van der Waals surface area contributed by atoms with Gasteiger partial charge < -0.3 is 14.2 Å². The second-order valence-electron chi connectivity index (χ2n) is 11.8. The second kappa shape index (κ2) is 12.3. The summed E-state index contributed by atoms with van der Waals surface area (Å²) in [5.41, 5.74) is 2.25. The minimum atomic E-state index is -4.73. The molecule has 0 radical (unpaired) electrons. The zero-order valence-corrected chi connectivity index (χ0v) is 27.2. The van der Waals surface area contributed by atoms with E-state index in [0.717, 1.165) is 27.1 Å². The van der Waals surface area contributed by atoms with Gasteiger partial charge in [0.05, 0.1) is 24.8 Å². The topological polar surface area (TPSA) is 105 Å². The fraction of sp³-hybridized carbons (Fsp3) is 0.364. The van der Waals surface area contributed by atoms with E-state index in [0.29, 0.717) is 34.1 Å². The van der Waals surface area contributed by atoms with Crippen molar-refractivity contribution < 1.29 is 37.0 Å². The molecule has 0 aliphatic carbocycles. The van der Waals surface area contributed by atoms with Crippen LogP contribution in [0.3, 0.4) is 0 Å². The number of alkyl halides is 3. The Morgan fingerprint density at radius 1 is 0.935 bits per heavy atom. The summed E-state index contributed by atoms with van der Waals surface area (Å²) in [6, 6.07) is 10.0. The lowest BCUT2D eigenvalue weighted by Gasteiger charge is -2.20. The monoisotopic (exact) mass is 654 g/mol. The molecule has 0 saturated heterocycles. The number of benzene rings is 2. The van der Waals surface area contributed by atoms with Crippen molar-refractivity contribution in [1.29, 1.82) is 0 Å². The molecule has 1 atom stereocenters. The van der Waals surface area contributed by atoms with Crippen molar-refractivity contribution in [2.75, 3.05) is 13.7 Å². The van der Waals surface area contributed by atoms with E-state index in [1.807, 2.05) is 25.3 Å². The maximum Gasteiger partial charge on any atom is 0.419 e. The van der Waals surface area contributed by atoms with Gasteiger partial charge in [0.15, 0.2) is 12.4 Å². The van der Waals surface area contributed by atoms with Gasteiger partial charge in [0.1, 0.15) is 28.2 Å². The van der Waals surface area contributed by atoms with Crippen molar-refractivity contribution in [3.63, 3.8) is 0 Å². The Morgan fingerprint density at radius 2 is 1.59 bits per heavy atom. The molecule has 0 bridgehead atoms. The van der Waals surface area contributed by atoms with Crippen molar-refractivity contribution in [1.82, 2.24) is 14.8 Å². The number of methoxy groups -OCH3 is 1. The summed E-state index contributed by atoms with van der Waals surface area (Å²) in [5.74, 6) is -0.525. The lowest BCUT2D eigenvalue weighted by molar-refractivity contribution is -0.158. The molecule has 4 aromatic rings. The molecule has 0 N–H and O–H groups in total. The highest BCUT2D eigenvalue weighted by Crippen LogP contribution is 2.41. The maximum absolute atomic E-state index is 14.1. The number of aromatic nitrogens is 3. The van der Waals surface area contributed by atoms with Gasteiger partial charge in [0.25, 0.3) is 0 Å². The van der Waals surface area contributed by atoms with E-state index in [2.05, 4.69) is 10.2 Å². The molecule has 46 heavy (non-hydrogen) atoms. The third-order valence-corrected chi connectivity index (χ3v) is 8.56. The molecule has 0 unspecified atom stereocenters. The van der Waals surface area contributed by atoms with Gasteiger partial charge in [-0.3, -0.25) is 14.4 Å². The number of aliphatic imine (C=N–C) groups is 1. The Balaban J connectivity index is 1.52. The molecule has 1 aliphatic heterocycles. The first kappa shape index (κ1) is 32.9. The van der Waals surface area contributed by atoms with Crippen LogP contribution in [0.15, 0.2) is 47.5 Å². The Labute approximate surface area is 268 Å². The predicted molar refractivity (Wildman–Crippen MR) is 167 cm³/mol. The fourth-order valence-electron chi connectivity index (χ4n) is 5.15. The van der Waals surface area contributed by atoms with E-state index in [1.54, 1.807) is 56.4 Å². The van der Waals surface area contributed by atoms with Crippen molar-refractivity contribution in [3.8, 4) is 21.9 Å². The minimum Gasteiger partial charge on any atom is -0.481 e.